The molecule has 2 aromatic carbocycles. The number of halogens is 1. The van der Waals surface area contributed by atoms with Gasteiger partial charge in [0.1, 0.15) is 11.5 Å². The van der Waals surface area contributed by atoms with E-state index in [1.807, 2.05) is 30.3 Å². The van der Waals surface area contributed by atoms with Crippen molar-refractivity contribution in [1.29, 1.82) is 0 Å². The Labute approximate surface area is 130 Å². The number of nitrogens with two attached hydrogens (primary N) is 1. The van der Waals surface area contributed by atoms with E-state index in [-0.39, 0.29) is 23.9 Å². The third-order valence-electron chi connectivity index (χ3n) is 4.39. The summed E-state index contributed by atoms with van der Waals surface area (Å²) in [6.07, 6.45) is 2.12. The number of aliphatic hydroxyl groups excluding tert-OH is 2. The number of hydrogen-bond donors (Lipinski definition) is 3. The fourth-order valence-corrected chi connectivity index (χ4v) is 3.16. The van der Waals surface area contributed by atoms with Crippen LogP contribution in [0.3, 0.4) is 0 Å². The molecule has 0 amide bonds. The zero-order valence-corrected chi connectivity index (χ0v) is 12.6. The van der Waals surface area contributed by atoms with Crippen molar-refractivity contribution in [1.82, 2.24) is 0 Å². The molecule has 1 aliphatic rings. The van der Waals surface area contributed by atoms with Gasteiger partial charge in [0.05, 0.1) is 5.41 Å². The van der Waals surface area contributed by atoms with Crippen LogP contribution in [0.15, 0.2) is 54.0 Å². The van der Waals surface area contributed by atoms with Crippen LogP contribution in [0.4, 0.5) is 0 Å². The summed E-state index contributed by atoms with van der Waals surface area (Å²) in [5, 5.41) is 22.5. The summed E-state index contributed by atoms with van der Waals surface area (Å²) in [7, 11) is 0. The molecule has 1 atom stereocenters. The minimum absolute atomic E-state index is 0. The summed E-state index contributed by atoms with van der Waals surface area (Å²) in [4.78, 5) is 0. The zero-order valence-electron chi connectivity index (χ0n) is 11.7. The summed E-state index contributed by atoms with van der Waals surface area (Å²) in [6.45, 7) is 0.293. The molecule has 4 N–H and O–H groups in total. The molecule has 1 aliphatic carbocycles. The molecule has 0 radical (unpaired) electrons. The van der Waals surface area contributed by atoms with Crippen molar-refractivity contribution in [3.63, 3.8) is 0 Å². The van der Waals surface area contributed by atoms with Crippen LogP contribution in [0.2, 0.25) is 0 Å². The molecule has 2 aromatic rings. The average molecular weight is 306 g/mol. The minimum atomic E-state index is -0.646. The molecule has 0 aliphatic heterocycles. The molecule has 0 spiro atoms. The molecule has 0 saturated carbocycles. The van der Waals surface area contributed by atoms with Gasteiger partial charge in [-0.25, -0.2) is 0 Å². The number of benzene rings is 2. The second-order valence-electron chi connectivity index (χ2n) is 5.50. The van der Waals surface area contributed by atoms with Gasteiger partial charge in [-0.1, -0.05) is 42.5 Å². The summed E-state index contributed by atoms with van der Waals surface area (Å²) >= 11 is 0. The lowest BCUT2D eigenvalue weighted by atomic mass is 9.71. The fourth-order valence-electron chi connectivity index (χ4n) is 3.16. The first-order valence-corrected chi connectivity index (χ1v) is 6.98. The molecule has 4 heteroatoms. The molecule has 0 aromatic heterocycles. The van der Waals surface area contributed by atoms with Crippen molar-refractivity contribution in [2.45, 2.75) is 24.7 Å². The topological polar surface area (TPSA) is 66.5 Å². The van der Waals surface area contributed by atoms with E-state index in [1.165, 1.54) is 0 Å². The number of fused-ring (bicyclic) bond motifs is 1. The number of rotatable bonds is 2. The van der Waals surface area contributed by atoms with E-state index in [1.54, 1.807) is 0 Å². The largest absolute Gasteiger partial charge is 0.509 e. The first-order chi connectivity index (χ1) is 9.67. The molecule has 3 nitrogen and oxygen atoms in total. The maximum Gasteiger partial charge on any atom is 0.141 e. The van der Waals surface area contributed by atoms with Crippen LogP contribution in [-0.4, -0.2) is 16.8 Å². The first-order valence-electron chi connectivity index (χ1n) is 6.98. The summed E-state index contributed by atoms with van der Waals surface area (Å²) in [5.41, 5.74) is 6.29. The van der Waals surface area contributed by atoms with Gasteiger partial charge in [-0.15, -0.1) is 12.4 Å². The lowest BCUT2D eigenvalue weighted by Gasteiger charge is -2.36. The molecule has 0 heterocycles. The van der Waals surface area contributed by atoms with Crippen molar-refractivity contribution in [3.05, 3.63) is 59.5 Å². The van der Waals surface area contributed by atoms with Gasteiger partial charge in [0.2, 0.25) is 0 Å². The standard InChI is InChI=1S/C17H19NO2.ClH/c18-11-17(9-3-6-15(19)16(17)20)14-8-7-12-4-1-2-5-13(12)10-14;/h1-2,4-5,7-8,10,19-20H,3,6,9,11,18H2;1H. The third kappa shape index (κ3) is 2.47. The highest BCUT2D eigenvalue weighted by molar-refractivity contribution is 5.85. The van der Waals surface area contributed by atoms with Gasteiger partial charge in [0.15, 0.2) is 0 Å². The monoisotopic (exact) mass is 305 g/mol. The smallest absolute Gasteiger partial charge is 0.141 e. The Morgan fingerprint density at radius 2 is 1.76 bits per heavy atom. The van der Waals surface area contributed by atoms with Crippen molar-refractivity contribution >= 4 is 23.2 Å². The van der Waals surface area contributed by atoms with Gasteiger partial charge in [-0.3, -0.25) is 0 Å². The third-order valence-corrected chi connectivity index (χ3v) is 4.39. The van der Waals surface area contributed by atoms with E-state index in [0.717, 1.165) is 29.2 Å². The lowest BCUT2D eigenvalue weighted by molar-refractivity contribution is 0.207. The Hall–Kier alpha value is -1.71. The maximum atomic E-state index is 10.4. The Kier molecular flexibility index (Phi) is 4.45. The van der Waals surface area contributed by atoms with Crippen LogP contribution in [0.1, 0.15) is 24.8 Å². The van der Waals surface area contributed by atoms with Gasteiger partial charge in [0, 0.05) is 13.0 Å². The predicted octanol–water partition coefficient (Wildman–Crippen LogP) is 3.97. The zero-order chi connectivity index (χ0) is 14.2. The second-order valence-corrected chi connectivity index (χ2v) is 5.50. The van der Waals surface area contributed by atoms with E-state index in [9.17, 15) is 10.2 Å². The molecule has 0 saturated heterocycles. The van der Waals surface area contributed by atoms with Gasteiger partial charge in [-0.2, -0.15) is 0 Å². The van der Waals surface area contributed by atoms with Gasteiger partial charge >= 0.3 is 0 Å². The molecular formula is C17H20ClNO2. The highest BCUT2D eigenvalue weighted by atomic mass is 35.5. The SMILES string of the molecule is Cl.NCC1(c2ccc3ccccc3c2)CCCC(O)=C1O. The average Bonchev–Trinajstić information content (AvgIpc) is 2.50. The normalized spacial score (nSPS) is 22.1. The van der Waals surface area contributed by atoms with E-state index >= 15 is 0 Å². The van der Waals surface area contributed by atoms with Crippen LogP contribution in [-0.2, 0) is 5.41 Å². The predicted molar refractivity (Wildman–Crippen MR) is 88.1 cm³/mol. The highest BCUT2D eigenvalue weighted by Crippen LogP contribution is 2.41. The maximum absolute atomic E-state index is 10.4. The second kappa shape index (κ2) is 5.96. The Balaban J connectivity index is 0.00000161. The van der Waals surface area contributed by atoms with E-state index in [0.29, 0.717) is 13.0 Å². The van der Waals surface area contributed by atoms with Crippen molar-refractivity contribution in [3.8, 4) is 0 Å². The van der Waals surface area contributed by atoms with Crippen LogP contribution in [0.5, 0.6) is 0 Å². The van der Waals surface area contributed by atoms with Gasteiger partial charge in [-0.05, 0) is 29.2 Å². The highest BCUT2D eigenvalue weighted by Gasteiger charge is 2.40. The van der Waals surface area contributed by atoms with Crippen LogP contribution < -0.4 is 5.73 Å². The number of aliphatic hydroxyl groups is 2. The van der Waals surface area contributed by atoms with Crippen molar-refractivity contribution in [2.24, 2.45) is 5.73 Å². The summed E-state index contributed by atoms with van der Waals surface area (Å²) in [6, 6.07) is 14.2. The van der Waals surface area contributed by atoms with Crippen LogP contribution in [0.25, 0.3) is 10.8 Å². The van der Waals surface area contributed by atoms with Gasteiger partial charge < -0.3 is 15.9 Å². The van der Waals surface area contributed by atoms with E-state index in [4.69, 9.17) is 5.73 Å². The fraction of sp³-hybridized carbons (Fsp3) is 0.294. The van der Waals surface area contributed by atoms with Crippen LogP contribution >= 0.6 is 12.4 Å². The summed E-state index contributed by atoms with van der Waals surface area (Å²) in [5.74, 6) is 0.122. The Morgan fingerprint density at radius 1 is 1.05 bits per heavy atom. The summed E-state index contributed by atoms with van der Waals surface area (Å²) < 4.78 is 0. The molecule has 1 unspecified atom stereocenters. The molecular weight excluding hydrogens is 286 g/mol. The quantitative estimate of drug-likeness (QED) is 0.786. The first kappa shape index (κ1) is 15.7. The lowest BCUT2D eigenvalue weighted by Crippen LogP contribution is -2.40. The number of hydrogen-bond acceptors (Lipinski definition) is 3. The van der Waals surface area contributed by atoms with E-state index < -0.39 is 5.41 Å². The molecule has 3 rings (SSSR count). The minimum Gasteiger partial charge on any atom is -0.509 e. The number of allylic oxidation sites excluding steroid dienone is 1. The van der Waals surface area contributed by atoms with Crippen molar-refractivity contribution < 1.29 is 10.2 Å². The molecule has 112 valence electrons. The van der Waals surface area contributed by atoms with E-state index in [2.05, 4.69) is 12.1 Å². The Bertz CT molecular complexity index is 683. The molecule has 0 bridgehead atoms. The van der Waals surface area contributed by atoms with Crippen LogP contribution in [0, 0.1) is 0 Å². The molecule has 21 heavy (non-hydrogen) atoms. The molecule has 0 fully saturated rings. The van der Waals surface area contributed by atoms with Crippen molar-refractivity contribution in [2.75, 3.05) is 6.54 Å². The Morgan fingerprint density at radius 3 is 2.48 bits per heavy atom. The van der Waals surface area contributed by atoms with Gasteiger partial charge in [0.25, 0.3) is 0 Å².